The van der Waals surface area contributed by atoms with Gasteiger partial charge in [-0.25, -0.2) is 23.2 Å². The van der Waals surface area contributed by atoms with Crippen LogP contribution >= 0.6 is 11.8 Å². The molecule has 4 aromatic rings. The molecule has 1 aromatic heterocycles. The Morgan fingerprint density at radius 2 is 1.77 bits per heavy atom. The van der Waals surface area contributed by atoms with Crippen molar-refractivity contribution in [3.63, 3.8) is 0 Å². The molecule has 44 heavy (non-hydrogen) atoms. The Hall–Kier alpha value is -4.79. The molecule has 9 nitrogen and oxygen atoms in total. The number of thioether (sulfide) groups is 1. The second-order valence-corrected chi connectivity index (χ2v) is 10.3. The molecule has 5 rings (SSSR count). The molecule has 0 radical (unpaired) electrons. The first kappa shape index (κ1) is 30.7. The maximum absolute atomic E-state index is 15.0. The van der Waals surface area contributed by atoms with E-state index < -0.39 is 24.9 Å². The lowest BCUT2D eigenvalue weighted by Crippen LogP contribution is -2.35. The zero-order valence-electron chi connectivity index (χ0n) is 22.8. The van der Waals surface area contributed by atoms with Gasteiger partial charge in [-0.3, -0.25) is 9.69 Å². The number of amidine groups is 1. The van der Waals surface area contributed by atoms with Crippen molar-refractivity contribution in [2.75, 3.05) is 10.7 Å². The number of alkyl halides is 5. The van der Waals surface area contributed by atoms with Crippen LogP contribution in [-0.2, 0) is 11.2 Å². The summed E-state index contributed by atoms with van der Waals surface area (Å²) in [5.74, 6) is -0.394. The molecule has 0 saturated carbocycles. The lowest BCUT2D eigenvalue weighted by molar-refractivity contribution is -0.274. The second kappa shape index (κ2) is 12.8. The number of benzene rings is 3. The van der Waals surface area contributed by atoms with Crippen LogP contribution in [0.2, 0.25) is 0 Å². The van der Waals surface area contributed by atoms with Crippen LogP contribution in [0.4, 0.5) is 32.4 Å². The first-order valence-corrected chi connectivity index (χ1v) is 14.1. The fourth-order valence-corrected chi connectivity index (χ4v) is 5.18. The van der Waals surface area contributed by atoms with Crippen LogP contribution in [0.3, 0.4) is 0 Å². The van der Waals surface area contributed by atoms with Crippen molar-refractivity contribution >= 4 is 34.6 Å². The van der Waals surface area contributed by atoms with E-state index in [9.17, 15) is 31.5 Å². The molecule has 0 spiro atoms. The molecule has 1 fully saturated rings. The van der Waals surface area contributed by atoms with Crippen LogP contribution in [0.25, 0.3) is 17.1 Å². The number of urea groups is 1. The van der Waals surface area contributed by atoms with Crippen molar-refractivity contribution in [3.05, 3.63) is 90.3 Å². The van der Waals surface area contributed by atoms with Crippen LogP contribution in [0, 0.1) is 0 Å². The van der Waals surface area contributed by atoms with E-state index in [1.165, 1.54) is 52.3 Å². The fourth-order valence-electron chi connectivity index (χ4n) is 4.33. The minimum atomic E-state index is -4.81. The number of ether oxygens (including phenoxy) is 1. The lowest BCUT2D eigenvalue weighted by atomic mass is 10.1. The molecule has 0 bridgehead atoms. The van der Waals surface area contributed by atoms with Gasteiger partial charge in [0.25, 0.3) is 0 Å². The summed E-state index contributed by atoms with van der Waals surface area (Å²) in [6.07, 6.45) is -7.50. The fraction of sp³-hybridized carbons (Fsp3) is 0.207. The number of aliphatic imine (C=N–C) groups is 1. The monoisotopic (exact) mass is 630 g/mol. The van der Waals surface area contributed by atoms with E-state index in [1.54, 1.807) is 12.1 Å². The molecule has 15 heteroatoms. The number of amides is 3. The summed E-state index contributed by atoms with van der Waals surface area (Å²) in [5, 5.41) is 6.22. The predicted molar refractivity (Wildman–Crippen MR) is 154 cm³/mol. The number of para-hydroxylation sites is 1. The molecular formula is C29H23F5N6O3S. The number of aromatic nitrogens is 3. The van der Waals surface area contributed by atoms with Crippen LogP contribution < -0.4 is 15.0 Å². The van der Waals surface area contributed by atoms with Gasteiger partial charge in [0.05, 0.1) is 17.1 Å². The summed E-state index contributed by atoms with van der Waals surface area (Å²) in [5.41, 5.74) is 2.24. The maximum Gasteiger partial charge on any atom is 0.573 e. The van der Waals surface area contributed by atoms with Crippen molar-refractivity contribution in [1.29, 1.82) is 0 Å². The number of anilines is 1. The number of carbonyl (C=O) groups excluding carboxylic acids is 2. The zero-order chi connectivity index (χ0) is 31.4. The van der Waals surface area contributed by atoms with Gasteiger partial charge in [-0.15, -0.1) is 18.3 Å². The SMILES string of the molecule is CCc1ccccc1N1C(=O)CS/C1=N\C(=O)NC(F)C(F)c1ccc(-c2ncn(-c3ccc(OC(F)(F)F)cc3)n2)cc1. The number of nitrogens with one attached hydrogen (secondary N) is 1. The average Bonchev–Trinajstić information content (AvgIpc) is 3.63. The van der Waals surface area contributed by atoms with Gasteiger partial charge in [-0.05, 0) is 47.9 Å². The zero-order valence-corrected chi connectivity index (χ0v) is 23.6. The van der Waals surface area contributed by atoms with Gasteiger partial charge in [-0.2, -0.15) is 4.99 Å². The maximum atomic E-state index is 15.0. The molecule has 2 atom stereocenters. The van der Waals surface area contributed by atoms with Gasteiger partial charge in [0.15, 0.2) is 17.2 Å². The Morgan fingerprint density at radius 3 is 2.45 bits per heavy atom. The van der Waals surface area contributed by atoms with E-state index in [2.05, 4.69) is 19.8 Å². The van der Waals surface area contributed by atoms with Gasteiger partial charge in [0, 0.05) is 5.56 Å². The van der Waals surface area contributed by atoms with Crippen molar-refractivity contribution in [2.24, 2.45) is 4.99 Å². The number of rotatable bonds is 8. The Labute approximate surface area is 251 Å². The molecule has 1 aliphatic rings. The first-order chi connectivity index (χ1) is 21.0. The van der Waals surface area contributed by atoms with Gasteiger partial charge in [0.2, 0.25) is 12.2 Å². The van der Waals surface area contributed by atoms with Gasteiger partial charge in [0.1, 0.15) is 12.1 Å². The van der Waals surface area contributed by atoms with E-state index >= 15 is 0 Å². The van der Waals surface area contributed by atoms with E-state index in [4.69, 9.17) is 0 Å². The minimum Gasteiger partial charge on any atom is -0.406 e. The largest absolute Gasteiger partial charge is 0.573 e. The second-order valence-electron chi connectivity index (χ2n) is 9.32. The normalized spacial score (nSPS) is 15.8. The topological polar surface area (TPSA) is 102 Å². The number of hydrogen-bond donors (Lipinski definition) is 1. The first-order valence-electron chi connectivity index (χ1n) is 13.1. The van der Waals surface area contributed by atoms with E-state index in [0.29, 0.717) is 23.4 Å². The standard InChI is InChI=1S/C29H23F5N6O3S/c1-2-17-5-3-4-6-22(17)40-23(41)15-44-28(40)37-27(42)36-25(31)24(30)18-7-9-19(10-8-18)26-35-16-39(38-26)20-11-13-21(14-12-20)43-29(32,33)34/h3-14,16,24-25H,2,15H2,1H3,(H,36,42)/b37-28-. The summed E-state index contributed by atoms with van der Waals surface area (Å²) >= 11 is 1.02. The van der Waals surface area contributed by atoms with Gasteiger partial charge < -0.3 is 10.1 Å². The van der Waals surface area contributed by atoms with Crippen LogP contribution in [-0.4, -0.2) is 50.3 Å². The molecule has 2 heterocycles. The summed E-state index contributed by atoms with van der Waals surface area (Å²) in [6.45, 7) is 1.92. The van der Waals surface area contributed by atoms with Gasteiger partial charge in [-0.1, -0.05) is 61.2 Å². The highest BCUT2D eigenvalue weighted by Crippen LogP contribution is 2.31. The van der Waals surface area contributed by atoms with Crippen LogP contribution in [0.5, 0.6) is 5.75 Å². The third kappa shape index (κ3) is 7.05. The number of carbonyl (C=O) groups is 2. The lowest BCUT2D eigenvalue weighted by Gasteiger charge is -2.19. The summed E-state index contributed by atoms with van der Waals surface area (Å²) in [6, 6.07) is 16.5. The highest BCUT2D eigenvalue weighted by atomic mass is 32.2. The van der Waals surface area contributed by atoms with Crippen molar-refractivity contribution in [1.82, 2.24) is 20.1 Å². The molecular weight excluding hydrogens is 607 g/mol. The molecule has 3 amide bonds. The van der Waals surface area contributed by atoms with Crippen molar-refractivity contribution in [2.45, 2.75) is 32.2 Å². The van der Waals surface area contributed by atoms with Crippen molar-refractivity contribution in [3.8, 4) is 22.8 Å². The molecule has 1 N–H and O–H groups in total. The Morgan fingerprint density at radius 1 is 1.07 bits per heavy atom. The summed E-state index contributed by atoms with van der Waals surface area (Å²) in [4.78, 5) is 34.3. The number of halogens is 5. The highest BCUT2D eigenvalue weighted by molar-refractivity contribution is 8.15. The number of nitrogens with zero attached hydrogens (tertiary/aromatic N) is 5. The quantitative estimate of drug-likeness (QED) is 0.175. The van der Waals surface area contributed by atoms with E-state index in [-0.39, 0.29) is 34.0 Å². The Balaban J connectivity index is 1.22. The van der Waals surface area contributed by atoms with Crippen LogP contribution in [0.1, 0.15) is 24.2 Å². The Bertz CT molecular complexity index is 1680. The Kier molecular flexibility index (Phi) is 8.94. The van der Waals surface area contributed by atoms with Crippen molar-refractivity contribution < 1.29 is 36.3 Å². The van der Waals surface area contributed by atoms with E-state index in [1.807, 2.05) is 24.4 Å². The molecule has 1 aliphatic heterocycles. The van der Waals surface area contributed by atoms with Crippen LogP contribution in [0.15, 0.2) is 84.1 Å². The molecule has 0 aliphatic carbocycles. The number of aryl methyl sites for hydroxylation is 1. The third-order valence-corrected chi connectivity index (χ3v) is 7.33. The molecule has 3 aromatic carbocycles. The minimum absolute atomic E-state index is 0.0532. The number of hydrogen-bond acceptors (Lipinski definition) is 6. The molecule has 2 unspecified atom stereocenters. The molecule has 1 saturated heterocycles. The van der Waals surface area contributed by atoms with Gasteiger partial charge >= 0.3 is 12.4 Å². The average molecular weight is 631 g/mol. The summed E-state index contributed by atoms with van der Waals surface area (Å²) < 4.78 is 72.1. The predicted octanol–water partition coefficient (Wildman–Crippen LogP) is 6.55. The third-order valence-electron chi connectivity index (χ3n) is 6.41. The highest BCUT2D eigenvalue weighted by Gasteiger charge is 2.33. The smallest absolute Gasteiger partial charge is 0.406 e. The summed E-state index contributed by atoms with van der Waals surface area (Å²) in [7, 11) is 0. The van der Waals surface area contributed by atoms with E-state index in [0.717, 1.165) is 29.5 Å². The molecule has 228 valence electrons.